The topological polar surface area (TPSA) is 75.5 Å². The molecule has 0 spiro atoms. The average Bonchev–Trinajstić information content (AvgIpc) is 2.91. The van der Waals surface area contributed by atoms with Crippen molar-refractivity contribution in [3.63, 3.8) is 0 Å². The first-order valence-electron chi connectivity index (χ1n) is 6.97. The van der Waals surface area contributed by atoms with E-state index in [0.29, 0.717) is 12.1 Å². The molecule has 1 aromatic heterocycles. The Kier molecular flexibility index (Phi) is 4.86. The second-order valence-corrected chi connectivity index (χ2v) is 7.65. The third-order valence-corrected chi connectivity index (χ3v) is 5.23. The summed E-state index contributed by atoms with van der Waals surface area (Å²) in [5, 5.41) is 4.06. The van der Waals surface area contributed by atoms with Crippen LogP contribution in [0.4, 0.5) is 0 Å². The van der Waals surface area contributed by atoms with E-state index in [2.05, 4.69) is 5.10 Å². The van der Waals surface area contributed by atoms with Crippen molar-refractivity contribution >= 4 is 15.9 Å². The Morgan fingerprint density at radius 3 is 2.26 bits per heavy atom. The van der Waals surface area contributed by atoms with Crippen LogP contribution < -0.4 is 0 Å². The normalized spacial score (nSPS) is 11.7. The molecule has 1 heterocycles. The Balaban J connectivity index is 2.14. The van der Waals surface area contributed by atoms with Gasteiger partial charge in [-0.2, -0.15) is 5.10 Å². The fraction of sp³-hybridized carbons (Fsp3) is 0.333. The second kappa shape index (κ2) is 6.51. The number of aryl methyl sites for hydroxylation is 1. The van der Waals surface area contributed by atoms with Gasteiger partial charge in [0, 0.05) is 52.1 Å². The summed E-state index contributed by atoms with van der Waals surface area (Å²) in [6.07, 6.45) is 3.55. The van der Waals surface area contributed by atoms with E-state index in [-0.39, 0.29) is 10.8 Å². The van der Waals surface area contributed by atoms with E-state index in [1.807, 2.05) is 13.2 Å². The van der Waals surface area contributed by atoms with Crippen LogP contribution in [0, 0.1) is 0 Å². The van der Waals surface area contributed by atoms with Crippen LogP contribution in [0.25, 0.3) is 0 Å². The fourth-order valence-electron chi connectivity index (χ4n) is 2.10. The van der Waals surface area contributed by atoms with Gasteiger partial charge in [-0.05, 0) is 24.3 Å². The molecule has 2 aromatic rings. The van der Waals surface area contributed by atoms with Gasteiger partial charge in [0.1, 0.15) is 0 Å². The third-order valence-electron chi connectivity index (χ3n) is 3.40. The van der Waals surface area contributed by atoms with E-state index in [1.165, 1.54) is 38.4 Å². The molecule has 8 heteroatoms. The zero-order valence-corrected chi connectivity index (χ0v) is 14.4. The standard InChI is InChI=1S/C15H20N4O3S/c1-17(2)23(21,22)14-7-5-13(6-8-14)15(20)18(3)10-12-9-16-19(4)11-12/h5-9,11H,10H2,1-4H3. The van der Waals surface area contributed by atoms with Crippen LogP contribution in [0.1, 0.15) is 15.9 Å². The minimum absolute atomic E-state index is 0.161. The Bertz CT molecular complexity index is 794. The maximum absolute atomic E-state index is 12.4. The number of amides is 1. The van der Waals surface area contributed by atoms with Crippen molar-refractivity contribution in [1.82, 2.24) is 19.0 Å². The van der Waals surface area contributed by atoms with Crippen molar-refractivity contribution in [1.29, 1.82) is 0 Å². The molecule has 0 radical (unpaired) electrons. The van der Waals surface area contributed by atoms with Gasteiger partial charge in [0.05, 0.1) is 11.1 Å². The molecule has 1 aromatic carbocycles. The first kappa shape index (κ1) is 17.2. The Labute approximate surface area is 136 Å². The van der Waals surface area contributed by atoms with Crippen molar-refractivity contribution in [3.05, 3.63) is 47.8 Å². The summed E-state index contributed by atoms with van der Waals surface area (Å²) in [4.78, 5) is 14.1. The van der Waals surface area contributed by atoms with Gasteiger partial charge < -0.3 is 4.90 Å². The first-order valence-corrected chi connectivity index (χ1v) is 8.41. The molecule has 0 unspecified atom stereocenters. The molecule has 1 amide bonds. The van der Waals surface area contributed by atoms with E-state index >= 15 is 0 Å². The number of nitrogens with zero attached hydrogens (tertiary/aromatic N) is 4. The van der Waals surface area contributed by atoms with Gasteiger partial charge >= 0.3 is 0 Å². The molecule has 0 aliphatic rings. The molecule has 0 aliphatic heterocycles. The minimum Gasteiger partial charge on any atom is -0.337 e. The lowest BCUT2D eigenvalue weighted by molar-refractivity contribution is 0.0785. The van der Waals surface area contributed by atoms with Crippen molar-refractivity contribution < 1.29 is 13.2 Å². The fourth-order valence-corrected chi connectivity index (χ4v) is 3.00. The zero-order valence-electron chi connectivity index (χ0n) is 13.6. The highest BCUT2D eigenvalue weighted by molar-refractivity contribution is 7.89. The molecule has 7 nitrogen and oxygen atoms in total. The highest BCUT2D eigenvalue weighted by Gasteiger charge is 2.18. The van der Waals surface area contributed by atoms with Crippen molar-refractivity contribution in [3.8, 4) is 0 Å². The van der Waals surface area contributed by atoms with Crippen molar-refractivity contribution in [2.24, 2.45) is 7.05 Å². The summed E-state index contributed by atoms with van der Waals surface area (Å²) in [6, 6.07) is 5.94. The number of rotatable bonds is 5. The molecule has 0 fully saturated rings. The lowest BCUT2D eigenvalue weighted by atomic mass is 10.2. The quantitative estimate of drug-likeness (QED) is 0.814. The smallest absolute Gasteiger partial charge is 0.253 e. The summed E-state index contributed by atoms with van der Waals surface area (Å²) < 4.78 is 26.8. The van der Waals surface area contributed by atoms with E-state index < -0.39 is 10.0 Å². The van der Waals surface area contributed by atoms with E-state index in [4.69, 9.17) is 0 Å². The van der Waals surface area contributed by atoms with Gasteiger partial charge in [-0.3, -0.25) is 9.48 Å². The number of carbonyl (C=O) groups excluding carboxylic acids is 1. The average molecular weight is 336 g/mol. The summed E-state index contributed by atoms with van der Waals surface area (Å²) in [7, 11) is 2.96. The van der Waals surface area contributed by atoms with Crippen LogP contribution >= 0.6 is 0 Å². The lowest BCUT2D eigenvalue weighted by Gasteiger charge is -2.17. The molecule has 0 N–H and O–H groups in total. The van der Waals surface area contributed by atoms with Gasteiger partial charge in [0.2, 0.25) is 10.0 Å². The van der Waals surface area contributed by atoms with Crippen molar-refractivity contribution in [2.45, 2.75) is 11.4 Å². The summed E-state index contributed by atoms with van der Waals surface area (Å²) in [5.41, 5.74) is 1.37. The lowest BCUT2D eigenvalue weighted by Crippen LogP contribution is -2.26. The Morgan fingerprint density at radius 1 is 1.17 bits per heavy atom. The molecule has 23 heavy (non-hydrogen) atoms. The number of benzene rings is 1. The van der Waals surface area contributed by atoms with Gasteiger partial charge in [-0.25, -0.2) is 12.7 Å². The van der Waals surface area contributed by atoms with Crippen LogP contribution in [0.2, 0.25) is 0 Å². The maximum Gasteiger partial charge on any atom is 0.253 e. The number of carbonyl (C=O) groups is 1. The molecule has 0 saturated carbocycles. The van der Waals surface area contributed by atoms with Crippen LogP contribution in [-0.2, 0) is 23.6 Å². The number of hydrogen-bond acceptors (Lipinski definition) is 4. The highest BCUT2D eigenvalue weighted by atomic mass is 32.2. The van der Waals surface area contributed by atoms with Crippen LogP contribution in [0.15, 0.2) is 41.6 Å². The summed E-state index contributed by atoms with van der Waals surface area (Å²) in [5.74, 6) is -0.178. The third kappa shape index (κ3) is 3.77. The van der Waals surface area contributed by atoms with Gasteiger partial charge in [-0.15, -0.1) is 0 Å². The molecule has 124 valence electrons. The maximum atomic E-state index is 12.4. The molecule has 2 rings (SSSR count). The Hall–Kier alpha value is -2.19. The van der Waals surface area contributed by atoms with E-state index in [0.717, 1.165) is 9.87 Å². The molecule has 0 saturated heterocycles. The Morgan fingerprint density at radius 2 is 1.78 bits per heavy atom. The number of aromatic nitrogens is 2. The SMILES string of the molecule is CN(Cc1cnn(C)c1)C(=O)c1ccc(S(=O)(=O)N(C)C)cc1. The summed E-state index contributed by atoms with van der Waals surface area (Å²) in [6.45, 7) is 0.435. The van der Waals surface area contributed by atoms with E-state index in [9.17, 15) is 13.2 Å². The van der Waals surface area contributed by atoms with Crippen LogP contribution in [-0.4, -0.2) is 54.5 Å². The molecular weight excluding hydrogens is 316 g/mol. The molecule has 0 aliphatic carbocycles. The molecular formula is C15H20N4O3S. The minimum atomic E-state index is -3.49. The first-order chi connectivity index (χ1) is 10.7. The number of sulfonamides is 1. The summed E-state index contributed by atoms with van der Waals surface area (Å²) >= 11 is 0. The molecule has 0 atom stereocenters. The van der Waals surface area contributed by atoms with E-state index in [1.54, 1.807) is 22.8 Å². The number of hydrogen-bond donors (Lipinski definition) is 0. The van der Waals surface area contributed by atoms with Gasteiger partial charge in [0.15, 0.2) is 0 Å². The largest absolute Gasteiger partial charge is 0.337 e. The predicted molar refractivity (Wildman–Crippen MR) is 86.3 cm³/mol. The zero-order chi connectivity index (χ0) is 17.2. The highest BCUT2D eigenvalue weighted by Crippen LogP contribution is 2.15. The van der Waals surface area contributed by atoms with Gasteiger partial charge in [0.25, 0.3) is 5.91 Å². The van der Waals surface area contributed by atoms with Gasteiger partial charge in [-0.1, -0.05) is 0 Å². The molecule has 0 bridgehead atoms. The second-order valence-electron chi connectivity index (χ2n) is 5.50. The predicted octanol–water partition coefficient (Wildman–Crippen LogP) is 0.943. The van der Waals surface area contributed by atoms with Crippen molar-refractivity contribution in [2.75, 3.05) is 21.1 Å². The van der Waals surface area contributed by atoms with Crippen LogP contribution in [0.3, 0.4) is 0 Å². The van der Waals surface area contributed by atoms with Crippen LogP contribution in [0.5, 0.6) is 0 Å². The monoisotopic (exact) mass is 336 g/mol.